The maximum Gasteiger partial charge on any atom is 0.119 e. The van der Waals surface area contributed by atoms with E-state index in [1.165, 1.54) is 19.8 Å². The molecule has 3 rings (SSSR count). The lowest BCUT2D eigenvalue weighted by atomic mass is 10.1. The van der Waals surface area contributed by atoms with Crippen LogP contribution in [0.1, 0.15) is 16.5 Å². The molecule has 0 saturated carbocycles. The second kappa shape index (κ2) is 5.85. The summed E-state index contributed by atoms with van der Waals surface area (Å²) in [4.78, 5) is 1.24. The Labute approximate surface area is 134 Å². The van der Waals surface area contributed by atoms with Crippen LogP contribution in [0.5, 0.6) is 5.75 Å². The van der Waals surface area contributed by atoms with Crippen molar-refractivity contribution in [2.24, 2.45) is 5.73 Å². The Morgan fingerprint density at radius 2 is 2.10 bits per heavy atom. The van der Waals surface area contributed by atoms with Crippen LogP contribution in [0, 0.1) is 0 Å². The summed E-state index contributed by atoms with van der Waals surface area (Å²) in [6.45, 7) is 0. The molecule has 2 nitrogen and oxygen atoms in total. The van der Waals surface area contributed by atoms with Gasteiger partial charge in [0.1, 0.15) is 5.75 Å². The number of thiophene rings is 2. The molecular weight excluding hydrogens is 354 g/mol. The molecule has 5 heteroatoms. The first kappa shape index (κ1) is 14.1. The summed E-state index contributed by atoms with van der Waals surface area (Å²) in [6, 6.07) is 10.4. The van der Waals surface area contributed by atoms with Crippen LogP contribution in [0.3, 0.4) is 0 Å². The quantitative estimate of drug-likeness (QED) is 0.705. The van der Waals surface area contributed by atoms with Crippen LogP contribution in [0.2, 0.25) is 0 Å². The van der Waals surface area contributed by atoms with Crippen molar-refractivity contribution in [3.05, 3.63) is 50.6 Å². The first-order chi connectivity index (χ1) is 9.67. The summed E-state index contributed by atoms with van der Waals surface area (Å²) in [5.41, 5.74) is 7.54. The minimum Gasteiger partial charge on any atom is -0.497 e. The van der Waals surface area contributed by atoms with Crippen LogP contribution in [0.4, 0.5) is 0 Å². The fourth-order valence-corrected chi connectivity index (χ4v) is 4.67. The molecule has 0 bridgehead atoms. The molecule has 0 spiro atoms. The minimum absolute atomic E-state index is 0.0167. The molecule has 104 valence electrons. The Kier molecular flexibility index (Phi) is 4.12. The SMILES string of the molecule is COc1ccc(Br)c(CC(N)c2cc3sccc3s2)c1. The van der Waals surface area contributed by atoms with E-state index in [-0.39, 0.29) is 6.04 Å². The number of rotatable bonds is 4. The van der Waals surface area contributed by atoms with Gasteiger partial charge in [0.15, 0.2) is 0 Å². The number of hydrogen-bond donors (Lipinski definition) is 1. The monoisotopic (exact) mass is 367 g/mol. The molecule has 0 aliphatic carbocycles. The van der Waals surface area contributed by atoms with E-state index in [0.29, 0.717) is 0 Å². The molecule has 20 heavy (non-hydrogen) atoms. The van der Waals surface area contributed by atoms with Crippen molar-refractivity contribution < 1.29 is 4.74 Å². The van der Waals surface area contributed by atoms with E-state index in [4.69, 9.17) is 10.5 Å². The molecule has 0 saturated heterocycles. The fourth-order valence-electron chi connectivity index (χ4n) is 2.14. The van der Waals surface area contributed by atoms with E-state index in [2.05, 4.69) is 33.4 Å². The van der Waals surface area contributed by atoms with Gasteiger partial charge in [-0.1, -0.05) is 15.9 Å². The second-order valence-corrected chi connectivity index (χ2v) is 7.48. The number of ether oxygens (including phenoxy) is 1. The normalized spacial score (nSPS) is 12.8. The number of benzene rings is 1. The maximum atomic E-state index is 6.36. The second-order valence-electron chi connectivity index (χ2n) is 4.57. The predicted octanol–water partition coefficient (Wildman–Crippen LogP) is 4.98. The van der Waals surface area contributed by atoms with E-state index in [9.17, 15) is 0 Å². The zero-order valence-corrected chi connectivity index (χ0v) is 14.1. The molecule has 0 radical (unpaired) electrons. The van der Waals surface area contributed by atoms with Gasteiger partial charge < -0.3 is 10.5 Å². The number of methoxy groups -OCH3 is 1. The molecule has 0 aliphatic rings. The van der Waals surface area contributed by atoms with Crippen molar-refractivity contribution in [3.8, 4) is 5.75 Å². The molecule has 1 aromatic carbocycles. The van der Waals surface area contributed by atoms with Crippen molar-refractivity contribution >= 4 is 48.0 Å². The third-order valence-corrected chi connectivity index (χ3v) is 6.22. The molecule has 2 aromatic heterocycles. The van der Waals surface area contributed by atoms with Gasteiger partial charge in [0.2, 0.25) is 0 Å². The lowest BCUT2D eigenvalue weighted by Gasteiger charge is -2.12. The van der Waals surface area contributed by atoms with Crippen molar-refractivity contribution in [2.75, 3.05) is 7.11 Å². The van der Waals surface area contributed by atoms with Gasteiger partial charge in [-0.05, 0) is 47.7 Å². The van der Waals surface area contributed by atoms with Gasteiger partial charge in [0.25, 0.3) is 0 Å². The van der Waals surface area contributed by atoms with Gasteiger partial charge in [-0.2, -0.15) is 0 Å². The molecule has 1 atom stereocenters. The first-order valence-corrected chi connectivity index (χ1v) is 8.71. The van der Waals surface area contributed by atoms with Gasteiger partial charge in [-0.15, -0.1) is 22.7 Å². The van der Waals surface area contributed by atoms with Crippen molar-refractivity contribution in [2.45, 2.75) is 12.5 Å². The summed E-state index contributed by atoms with van der Waals surface area (Å²) in [6.07, 6.45) is 0.797. The van der Waals surface area contributed by atoms with Gasteiger partial charge in [-0.3, -0.25) is 0 Å². The van der Waals surface area contributed by atoms with Crippen LogP contribution in [0.15, 0.2) is 40.2 Å². The average Bonchev–Trinajstić information content (AvgIpc) is 3.02. The molecule has 1 unspecified atom stereocenters. The topological polar surface area (TPSA) is 35.2 Å². The van der Waals surface area contributed by atoms with Gasteiger partial charge in [-0.25, -0.2) is 0 Å². The number of hydrogen-bond acceptors (Lipinski definition) is 4. The van der Waals surface area contributed by atoms with Crippen LogP contribution < -0.4 is 10.5 Å². The fraction of sp³-hybridized carbons (Fsp3) is 0.200. The molecule has 0 fully saturated rings. The Morgan fingerprint density at radius 3 is 2.85 bits per heavy atom. The van der Waals surface area contributed by atoms with Crippen LogP contribution in [-0.2, 0) is 6.42 Å². The molecule has 2 N–H and O–H groups in total. The highest BCUT2D eigenvalue weighted by Gasteiger charge is 2.13. The zero-order chi connectivity index (χ0) is 14.1. The van der Waals surface area contributed by atoms with E-state index in [1.807, 2.05) is 18.2 Å². The highest BCUT2D eigenvalue weighted by atomic mass is 79.9. The summed E-state index contributed by atoms with van der Waals surface area (Å²) >= 11 is 7.13. The Morgan fingerprint density at radius 1 is 1.25 bits per heavy atom. The summed E-state index contributed by atoms with van der Waals surface area (Å²) < 4.78 is 9.00. The Bertz CT molecular complexity index is 706. The Balaban J connectivity index is 1.84. The summed E-state index contributed by atoms with van der Waals surface area (Å²) in [7, 11) is 1.68. The maximum absolute atomic E-state index is 6.36. The highest BCUT2D eigenvalue weighted by Crippen LogP contribution is 2.34. The lowest BCUT2D eigenvalue weighted by Crippen LogP contribution is -2.12. The van der Waals surface area contributed by atoms with Gasteiger partial charge in [0, 0.05) is 24.8 Å². The van der Waals surface area contributed by atoms with E-state index in [0.717, 1.165) is 16.6 Å². The van der Waals surface area contributed by atoms with Gasteiger partial charge in [0.05, 0.1) is 7.11 Å². The smallest absolute Gasteiger partial charge is 0.119 e. The lowest BCUT2D eigenvalue weighted by molar-refractivity contribution is 0.414. The molecule has 0 amide bonds. The molecule has 0 aliphatic heterocycles. The molecular formula is C15H14BrNOS2. The van der Waals surface area contributed by atoms with E-state index in [1.54, 1.807) is 29.8 Å². The average molecular weight is 368 g/mol. The summed E-state index contributed by atoms with van der Waals surface area (Å²) in [5.74, 6) is 0.863. The number of fused-ring (bicyclic) bond motifs is 1. The molecule has 3 aromatic rings. The third kappa shape index (κ3) is 2.76. The number of halogens is 1. The summed E-state index contributed by atoms with van der Waals surface area (Å²) in [5, 5.41) is 2.12. The van der Waals surface area contributed by atoms with Crippen LogP contribution in [-0.4, -0.2) is 7.11 Å². The van der Waals surface area contributed by atoms with Crippen molar-refractivity contribution in [1.29, 1.82) is 0 Å². The van der Waals surface area contributed by atoms with Crippen LogP contribution >= 0.6 is 38.6 Å². The highest BCUT2D eigenvalue weighted by molar-refractivity contribution is 9.10. The van der Waals surface area contributed by atoms with E-state index >= 15 is 0 Å². The minimum atomic E-state index is 0.0167. The van der Waals surface area contributed by atoms with Crippen molar-refractivity contribution in [1.82, 2.24) is 0 Å². The Hall–Kier alpha value is -0.880. The predicted molar refractivity (Wildman–Crippen MR) is 91.0 cm³/mol. The zero-order valence-electron chi connectivity index (χ0n) is 10.9. The van der Waals surface area contributed by atoms with Gasteiger partial charge >= 0.3 is 0 Å². The standard InChI is InChI=1S/C15H14BrNOS2/c1-18-10-2-3-11(16)9(6-10)7-12(17)14-8-15-13(20-14)4-5-19-15/h2-6,8,12H,7,17H2,1H3. The van der Waals surface area contributed by atoms with Crippen LogP contribution in [0.25, 0.3) is 9.40 Å². The van der Waals surface area contributed by atoms with Crippen molar-refractivity contribution in [3.63, 3.8) is 0 Å². The number of nitrogens with two attached hydrogens (primary N) is 1. The van der Waals surface area contributed by atoms with E-state index < -0.39 is 0 Å². The first-order valence-electron chi connectivity index (χ1n) is 6.22. The molecule has 2 heterocycles. The third-order valence-electron chi connectivity index (χ3n) is 3.22. The largest absolute Gasteiger partial charge is 0.497 e.